The van der Waals surface area contributed by atoms with E-state index in [0.29, 0.717) is 11.5 Å². The van der Waals surface area contributed by atoms with Crippen molar-refractivity contribution in [3.8, 4) is 0 Å². The van der Waals surface area contributed by atoms with Crippen LogP contribution >= 0.6 is 0 Å². The lowest BCUT2D eigenvalue weighted by Crippen LogP contribution is -2.40. The van der Waals surface area contributed by atoms with E-state index in [9.17, 15) is 0 Å². The van der Waals surface area contributed by atoms with Crippen LogP contribution < -0.4 is 5.32 Å². The van der Waals surface area contributed by atoms with E-state index < -0.39 is 0 Å². The van der Waals surface area contributed by atoms with Crippen molar-refractivity contribution in [1.29, 1.82) is 0 Å². The Balaban J connectivity index is 2.84. The Morgan fingerprint density at radius 3 is 2.20 bits per heavy atom. The van der Waals surface area contributed by atoms with E-state index >= 15 is 0 Å². The average molecular weight is 275 g/mol. The van der Waals surface area contributed by atoms with Crippen LogP contribution in [0.3, 0.4) is 0 Å². The summed E-state index contributed by atoms with van der Waals surface area (Å²) in [5.74, 6) is 0.804. The standard InChI is InChI=1S/C19H33N/c1-6-19(15-20-17(4)5,14-10-11-16(2)3)18-12-8-7-9-13-18/h7-9,12-13,16-17,20H,6,10-11,14-15H2,1-5H3. The maximum atomic E-state index is 3.67. The molecular weight excluding hydrogens is 242 g/mol. The largest absolute Gasteiger partial charge is 0.314 e. The minimum atomic E-state index is 0.292. The lowest BCUT2D eigenvalue weighted by molar-refractivity contribution is 0.323. The quantitative estimate of drug-likeness (QED) is 0.656. The second kappa shape index (κ2) is 8.46. The second-order valence-electron chi connectivity index (χ2n) is 6.82. The summed E-state index contributed by atoms with van der Waals surface area (Å²) in [6.07, 6.45) is 5.14. The predicted molar refractivity (Wildman–Crippen MR) is 90.2 cm³/mol. The highest BCUT2D eigenvalue weighted by atomic mass is 14.9. The second-order valence-corrected chi connectivity index (χ2v) is 6.82. The van der Waals surface area contributed by atoms with Crippen LogP contribution in [0.4, 0.5) is 0 Å². The Bertz CT molecular complexity index is 355. The molecule has 1 rings (SSSR count). The predicted octanol–water partition coefficient (Wildman–Crippen LogP) is 5.16. The number of rotatable bonds is 9. The topological polar surface area (TPSA) is 12.0 Å². The summed E-state index contributed by atoms with van der Waals surface area (Å²) >= 11 is 0. The summed E-state index contributed by atoms with van der Waals surface area (Å²) in [4.78, 5) is 0. The van der Waals surface area contributed by atoms with Gasteiger partial charge in [-0.15, -0.1) is 0 Å². The summed E-state index contributed by atoms with van der Waals surface area (Å²) in [7, 11) is 0. The van der Waals surface area contributed by atoms with Gasteiger partial charge < -0.3 is 5.32 Å². The van der Waals surface area contributed by atoms with Crippen molar-refractivity contribution >= 4 is 0 Å². The molecule has 0 saturated heterocycles. The van der Waals surface area contributed by atoms with Crippen molar-refractivity contribution < 1.29 is 0 Å². The zero-order valence-corrected chi connectivity index (χ0v) is 14.1. The molecule has 0 aliphatic rings. The molecule has 1 aromatic carbocycles. The Morgan fingerprint density at radius 2 is 1.70 bits per heavy atom. The van der Waals surface area contributed by atoms with Gasteiger partial charge in [-0.2, -0.15) is 0 Å². The molecule has 114 valence electrons. The number of hydrogen-bond acceptors (Lipinski definition) is 1. The van der Waals surface area contributed by atoms with Gasteiger partial charge in [0.2, 0.25) is 0 Å². The van der Waals surface area contributed by atoms with E-state index in [2.05, 4.69) is 70.3 Å². The molecule has 0 fully saturated rings. The zero-order valence-electron chi connectivity index (χ0n) is 14.1. The third kappa shape index (κ3) is 5.28. The van der Waals surface area contributed by atoms with Crippen LogP contribution in [0.1, 0.15) is 65.9 Å². The number of nitrogens with one attached hydrogen (secondary N) is 1. The Hall–Kier alpha value is -0.820. The molecule has 0 amide bonds. The summed E-state index contributed by atoms with van der Waals surface area (Å²) in [5, 5.41) is 3.67. The molecule has 0 radical (unpaired) electrons. The monoisotopic (exact) mass is 275 g/mol. The fourth-order valence-corrected chi connectivity index (χ4v) is 2.88. The van der Waals surface area contributed by atoms with E-state index in [1.807, 2.05) is 0 Å². The maximum Gasteiger partial charge on any atom is 0.00752 e. The molecule has 0 aliphatic heterocycles. The van der Waals surface area contributed by atoms with Crippen LogP contribution in [0.5, 0.6) is 0 Å². The van der Waals surface area contributed by atoms with Gasteiger partial charge >= 0.3 is 0 Å². The van der Waals surface area contributed by atoms with Gasteiger partial charge in [-0.1, -0.05) is 77.8 Å². The fraction of sp³-hybridized carbons (Fsp3) is 0.684. The molecular formula is C19H33N. The van der Waals surface area contributed by atoms with Gasteiger partial charge in [0.15, 0.2) is 0 Å². The van der Waals surface area contributed by atoms with Gasteiger partial charge in [-0.25, -0.2) is 0 Å². The van der Waals surface area contributed by atoms with Gasteiger partial charge in [-0.05, 0) is 24.3 Å². The molecule has 1 heteroatoms. The number of hydrogen-bond donors (Lipinski definition) is 1. The highest BCUT2D eigenvalue weighted by molar-refractivity contribution is 5.26. The fourth-order valence-electron chi connectivity index (χ4n) is 2.88. The van der Waals surface area contributed by atoms with Crippen molar-refractivity contribution in [2.75, 3.05) is 6.54 Å². The first-order valence-corrected chi connectivity index (χ1v) is 8.29. The third-order valence-electron chi connectivity index (χ3n) is 4.35. The molecule has 1 aromatic rings. The van der Waals surface area contributed by atoms with Crippen LogP contribution in [0.15, 0.2) is 30.3 Å². The smallest absolute Gasteiger partial charge is 0.00752 e. The highest BCUT2D eigenvalue weighted by Gasteiger charge is 2.29. The van der Waals surface area contributed by atoms with Gasteiger partial charge in [0, 0.05) is 18.0 Å². The van der Waals surface area contributed by atoms with Crippen LogP contribution in [-0.4, -0.2) is 12.6 Å². The lowest BCUT2D eigenvalue weighted by atomic mass is 9.73. The number of benzene rings is 1. The van der Waals surface area contributed by atoms with Crippen molar-refractivity contribution in [2.45, 2.75) is 71.8 Å². The Kier molecular flexibility index (Phi) is 7.29. The van der Waals surface area contributed by atoms with E-state index in [1.165, 1.54) is 31.2 Å². The molecule has 1 unspecified atom stereocenters. The van der Waals surface area contributed by atoms with Crippen LogP contribution in [0, 0.1) is 5.92 Å². The van der Waals surface area contributed by atoms with Crippen molar-refractivity contribution in [1.82, 2.24) is 5.32 Å². The molecule has 0 bridgehead atoms. The van der Waals surface area contributed by atoms with Gasteiger partial charge in [0.1, 0.15) is 0 Å². The Labute approximate surface area is 126 Å². The summed E-state index contributed by atoms with van der Waals surface area (Å²) < 4.78 is 0. The van der Waals surface area contributed by atoms with Gasteiger partial charge in [-0.3, -0.25) is 0 Å². The minimum Gasteiger partial charge on any atom is -0.314 e. The average Bonchev–Trinajstić information content (AvgIpc) is 2.43. The molecule has 20 heavy (non-hydrogen) atoms. The first kappa shape index (κ1) is 17.2. The van der Waals surface area contributed by atoms with E-state index in [-0.39, 0.29) is 0 Å². The first-order valence-electron chi connectivity index (χ1n) is 8.29. The zero-order chi connectivity index (χ0) is 15.0. The molecule has 1 atom stereocenters. The molecule has 0 spiro atoms. The third-order valence-corrected chi connectivity index (χ3v) is 4.35. The SMILES string of the molecule is CCC(CCCC(C)C)(CNC(C)C)c1ccccc1. The molecule has 0 saturated carbocycles. The minimum absolute atomic E-state index is 0.292. The molecule has 0 heterocycles. The maximum absolute atomic E-state index is 3.67. The molecule has 1 N–H and O–H groups in total. The first-order chi connectivity index (χ1) is 9.50. The molecule has 1 nitrogen and oxygen atoms in total. The van der Waals surface area contributed by atoms with Gasteiger partial charge in [0.05, 0.1) is 0 Å². The summed E-state index contributed by atoms with van der Waals surface area (Å²) in [6, 6.07) is 11.6. The van der Waals surface area contributed by atoms with Crippen LogP contribution in [0.2, 0.25) is 0 Å². The van der Waals surface area contributed by atoms with E-state index in [4.69, 9.17) is 0 Å². The highest BCUT2D eigenvalue weighted by Crippen LogP contribution is 2.33. The van der Waals surface area contributed by atoms with Crippen LogP contribution in [-0.2, 0) is 5.41 Å². The van der Waals surface area contributed by atoms with Crippen molar-refractivity contribution in [3.63, 3.8) is 0 Å². The summed E-state index contributed by atoms with van der Waals surface area (Å²) in [5.41, 5.74) is 1.79. The summed E-state index contributed by atoms with van der Waals surface area (Å²) in [6.45, 7) is 12.5. The van der Waals surface area contributed by atoms with E-state index in [1.54, 1.807) is 0 Å². The van der Waals surface area contributed by atoms with Crippen LogP contribution in [0.25, 0.3) is 0 Å². The van der Waals surface area contributed by atoms with Gasteiger partial charge in [0.25, 0.3) is 0 Å². The molecule has 0 aliphatic carbocycles. The molecule has 0 aromatic heterocycles. The lowest BCUT2D eigenvalue weighted by Gasteiger charge is -2.35. The van der Waals surface area contributed by atoms with Crippen molar-refractivity contribution in [2.24, 2.45) is 5.92 Å². The van der Waals surface area contributed by atoms with E-state index in [0.717, 1.165) is 12.5 Å². The normalized spacial score (nSPS) is 14.8. The van der Waals surface area contributed by atoms with Crippen molar-refractivity contribution in [3.05, 3.63) is 35.9 Å². The Morgan fingerprint density at radius 1 is 1.05 bits per heavy atom.